The van der Waals surface area contributed by atoms with E-state index in [4.69, 9.17) is 5.11 Å². The largest absolute Gasteiger partial charge is 0.506 e. The van der Waals surface area contributed by atoms with Crippen LogP contribution in [0.3, 0.4) is 0 Å². The third kappa shape index (κ3) is 3.41. The summed E-state index contributed by atoms with van der Waals surface area (Å²) in [4.78, 5) is 26.5. The van der Waals surface area contributed by atoms with Crippen molar-refractivity contribution in [1.82, 2.24) is 9.88 Å². The quantitative estimate of drug-likeness (QED) is 0.553. The second-order valence-corrected chi connectivity index (χ2v) is 6.96. The molecule has 0 saturated carbocycles. The van der Waals surface area contributed by atoms with E-state index in [1.54, 1.807) is 31.3 Å². The van der Waals surface area contributed by atoms with Gasteiger partial charge in [-0.1, -0.05) is 18.2 Å². The van der Waals surface area contributed by atoms with E-state index in [1.807, 2.05) is 17.5 Å². The number of aliphatic hydroxyl groups is 1. The molecule has 0 radical (unpaired) electrons. The maximum Gasteiger partial charge on any atom is 0.265 e. The van der Waals surface area contributed by atoms with Crippen LogP contribution < -0.4 is 10.9 Å². The molecule has 0 aliphatic carbocycles. The first-order valence-corrected chi connectivity index (χ1v) is 9.14. The maximum atomic E-state index is 12.9. The van der Waals surface area contributed by atoms with Crippen LogP contribution in [0.25, 0.3) is 10.9 Å². The number of ketones is 1. The SMILES string of the molecule is Cn1c(=O)c(C(=O)C[C@H](NCCO)c2cccs2)c(O)c2ccccc21. The lowest BCUT2D eigenvalue weighted by Crippen LogP contribution is -2.29. The number of nitrogens with zero attached hydrogens (tertiary/aromatic N) is 1. The first-order chi connectivity index (χ1) is 12.5. The Morgan fingerprint density at radius 1 is 1.27 bits per heavy atom. The fourth-order valence-corrected chi connectivity index (χ4v) is 3.82. The standard InChI is InChI=1S/C19H20N2O4S/c1-21-14-6-3-2-5-12(14)18(24)17(19(21)25)15(23)11-13(20-8-9-22)16-7-4-10-26-16/h2-7,10,13,20,22,24H,8-9,11H2,1H3/t13-/m0/s1. The lowest BCUT2D eigenvalue weighted by Gasteiger charge is -2.17. The minimum Gasteiger partial charge on any atom is -0.506 e. The van der Waals surface area contributed by atoms with Gasteiger partial charge in [-0.15, -0.1) is 11.3 Å². The molecular weight excluding hydrogens is 352 g/mol. The Morgan fingerprint density at radius 3 is 2.73 bits per heavy atom. The van der Waals surface area contributed by atoms with Crippen molar-refractivity contribution in [2.45, 2.75) is 12.5 Å². The fourth-order valence-electron chi connectivity index (χ4n) is 3.02. The zero-order valence-corrected chi connectivity index (χ0v) is 15.1. The molecule has 0 amide bonds. The molecule has 0 saturated heterocycles. The molecule has 6 nitrogen and oxygen atoms in total. The molecule has 0 spiro atoms. The van der Waals surface area contributed by atoms with Gasteiger partial charge in [-0.2, -0.15) is 0 Å². The van der Waals surface area contributed by atoms with Gasteiger partial charge in [0.25, 0.3) is 5.56 Å². The second-order valence-electron chi connectivity index (χ2n) is 5.98. The molecule has 26 heavy (non-hydrogen) atoms. The van der Waals surface area contributed by atoms with E-state index >= 15 is 0 Å². The minimum atomic E-state index is -0.515. The van der Waals surface area contributed by atoms with Gasteiger partial charge in [-0.25, -0.2) is 0 Å². The zero-order valence-electron chi connectivity index (χ0n) is 14.3. The van der Waals surface area contributed by atoms with Crippen molar-refractivity contribution in [1.29, 1.82) is 0 Å². The van der Waals surface area contributed by atoms with Crippen LogP contribution in [0, 0.1) is 0 Å². The maximum absolute atomic E-state index is 12.9. The number of nitrogens with one attached hydrogen (secondary N) is 1. The van der Waals surface area contributed by atoms with Gasteiger partial charge in [0.1, 0.15) is 11.3 Å². The average molecular weight is 372 g/mol. The molecule has 0 unspecified atom stereocenters. The summed E-state index contributed by atoms with van der Waals surface area (Å²) in [5, 5.41) is 25.1. The number of fused-ring (bicyclic) bond motifs is 1. The van der Waals surface area contributed by atoms with Crippen LogP contribution in [-0.4, -0.2) is 33.7 Å². The lowest BCUT2D eigenvalue weighted by atomic mass is 10.0. The Bertz CT molecular complexity index is 979. The summed E-state index contributed by atoms with van der Waals surface area (Å²) in [6.07, 6.45) is 0.0155. The molecule has 2 heterocycles. The molecule has 3 rings (SSSR count). The predicted molar refractivity (Wildman–Crippen MR) is 102 cm³/mol. The van der Waals surface area contributed by atoms with E-state index in [0.717, 1.165) is 4.88 Å². The summed E-state index contributed by atoms with van der Waals surface area (Å²) in [5.74, 6) is -0.710. The lowest BCUT2D eigenvalue weighted by molar-refractivity contribution is 0.0963. The summed E-state index contributed by atoms with van der Waals surface area (Å²) >= 11 is 1.49. The van der Waals surface area contributed by atoms with Crippen LogP contribution in [0.15, 0.2) is 46.6 Å². The number of aliphatic hydroxyl groups excluding tert-OH is 1. The Labute approximate surface area is 154 Å². The van der Waals surface area contributed by atoms with Gasteiger partial charge < -0.3 is 20.1 Å². The van der Waals surface area contributed by atoms with Crippen LogP contribution in [0.2, 0.25) is 0 Å². The van der Waals surface area contributed by atoms with E-state index in [2.05, 4.69) is 5.32 Å². The average Bonchev–Trinajstić information content (AvgIpc) is 3.18. The summed E-state index contributed by atoms with van der Waals surface area (Å²) in [7, 11) is 1.58. The molecule has 0 fully saturated rings. The van der Waals surface area contributed by atoms with Crippen molar-refractivity contribution in [2.75, 3.05) is 13.2 Å². The van der Waals surface area contributed by atoms with Crippen LogP contribution in [-0.2, 0) is 7.05 Å². The van der Waals surface area contributed by atoms with E-state index in [0.29, 0.717) is 17.4 Å². The fraction of sp³-hybridized carbons (Fsp3) is 0.263. The second kappa shape index (κ2) is 7.82. The number of aromatic nitrogens is 1. The highest BCUT2D eigenvalue weighted by atomic mass is 32.1. The Kier molecular flexibility index (Phi) is 5.51. The number of aromatic hydroxyl groups is 1. The number of Topliss-reactive ketones (excluding diaryl/α,β-unsaturated/α-hetero) is 1. The normalized spacial score (nSPS) is 12.4. The molecular formula is C19H20N2O4S. The number of rotatable bonds is 7. The molecule has 0 bridgehead atoms. The van der Waals surface area contributed by atoms with Gasteiger partial charge in [0.15, 0.2) is 5.78 Å². The third-order valence-electron chi connectivity index (χ3n) is 4.33. The number of carbonyl (C=O) groups is 1. The number of para-hydroxylation sites is 1. The van der Waals surface area contributed by atoms with Crippen LogP contribution >= 0.6 is 11.3 Å². The molecule has 136 valence electrons. The number of pyridine rings is 1. The Morgan fingerprint density at radius 2 is 2.04 bits per heavy atom. The van der Waals surface area contributed by atoms with Crippen LogP contribution in [0.4, 0.5) is 0 Å². The van der Waals surface area contributed by atoms with Crippen molar-refractivity contribution < 1.29 is 15.0 Å². The summed E-state index contributed by atoms with van der Waals surface area (Å²) in [6.45, 7) is 0.274. The van der Waals surface area contributed by atoms with Gasteiger partial charge in [0, 0.05) is 36.3 Å². The highest BCUT2D eigenvalue weighted by Crippen LogP contribution is 2.29. The minimum absolute atomic E-state index is 0.0155. The monoisotopic (exact) mass is 372 g/mol. The van der Waals surface area contributed by atoms with Gasteiger partial charge in [-0.05, 0) is 23.6 Å². The molecule has 2 aromatic heterocycles. The number of thiophene rings is 1. The molecule has 1 aromatic carbocycles. The van der Waals surface area contributed by atoms with Gasteiger partial charge in [-0.3, -0.25) is 9.59 Å². The van der Waals surface area contributed by atoms with Crippen molar-refractivity contribution in [3.8, 4) is 5.75 Å². The van der Waals surface area contributed by atoms with Crippen LogP contribution in [0.1, 0.15) is 27.7 Å². The van der Waals surface area contributed by atoms with E-state index in [1.165, 1.54) is 15.9 Å². The number of carbonyl (C=O) groups excluding carboxylic acids is 1. The molecule has 3 N–H and O–H groups in total. The number of hydrogen-bond acceptors (Lipinski definition) is 6. The summed E-state index contributed by atoms with van der Waals surface area (Å²) < 4.78 is 1.38. The van der Waals surface area contributed by atoms with Crippen LogP contribution in [0.5, 0.6) is 5.75 Å². The van der Waals surface area contributed by atoms with Crippen molar-refractivity contribution in [3.05, 3.63) is 62.6 Å². The van der Waals surface area contributed by atoms with Crippen molar-refractivity contribution in [2.24, 2.45) is 7.05 Å². The first kappa shape index (κ1) is 18.3. The molecule has 0 aliphatic heterocycles. The highest BCUT2D eigenvalue weighted by Gasteiger charge is 2.24. The highest BCUT2D eigenvalue weighted by molar-refractivity contribution is 7.10. The molecule has 7 heteroatoms. The molecule has 1 atom stereocenters. The van der Waals surface area contributed by atoms with Crippen molar-refractivity contribution >= 4 is 28.0 Å². The topological polar surface area (TPSA) is 91.6 Å². The first-order valence-electron chi connectivity index (χ1n) is 8.26. The van der Waals surface area contributed by atoms with E-state index in [9.17, 15) is 14.7 Å². The van der Waals surface area contributed by atoms with E-state index in [-0.39, 0.29) is 30.4 Å². The van der Waals surface area contributed by atoms with E-state index < -0.39 is 11.3 Å². The smallest absolute Gasteiger partial charge is 0.265 e. The predicted octanol–water partition coefficient (Wildman–Crippen LogP) is 2.20. The Balaban J connectivity index is 2.00. The molecule has 0 aliphatic rings. The number of benzene rings is 1. The summed E-state index contributed by atoms with van der Waals surface area (Å²) in [5.41, 5.74) is -0.142. The van der Waals surface area contributed by atoms with Gasteiger partial charge in [0.2, 0.25) is 0 Å². The Hall–Kier alpha value is -2.48. The van der Waals surface area contributed by atoms with Gasteiger partial charge in [0.05, 0.1) is 12.1 Å². The molecule has 3 aromatic rings. The summed E-state index contributed by atoms with van der Waals surface area (Å²) in [6, 6.07) is 10.4. The zero-order chi connectivity index (χ0) is 18.7. The third-order valence-corrected chi connectivity index (χ3v) is 5.32. The van der Waals surface area contributed by atoms with Crippen molar-refractivity contribution in [3.63, 3.8) is 0 Å². The van der Waals surface area contributed by atoms with Gasteiger partial charge >= 0.3 is 0 Å². The number of hydrogen-bond donors (Lipinski definition) is 3. The number of aryl methyl sites for hydroxylation is 1.